The first kappa shape index (κ1) is 20.4. The SMILES string of the molecule is C/C1=C/C(=O)O[C@@H]2C[C@@H](CC[C@@H](C)/C=C\CC1)O[C@](O)([C@@H]1CSC(=O)N1)C2. The van der Waals surface area contributed by atoms with Crippen molar-refractivity contribution in [2.24, 2.45) is 5.92 Å². The highest BCUT2D eigenvalue weighted by Crippen LogP contribution is 2.37. The van der Waals surface area contributed by atoms with Crippen LogP contribution in [0.5, 0.6) is 0 Å². The summed E-state index contributed by atoms with van der Waals surface area (Å²) in [7, 11) is 0. The zero-order valence-electron chi connectivity index (χ0n) is 16.0. The van der Waals surface area contributed by atoms with Gasteiger partial charge in [0.1, 0.15) is 6.10 Å². The van der Waals surface area contributed by atoms with E-state index in [1.165, 1.54) is 0 Å². The lowest BCUT2D eigenvalue weighted by Gasteiger charge is -2.43. The van der Waals surface area contributed by atoms with Crippen molar-refractivity contribution in [3.63, 3.8) is 0 Å². The summed E-state index contributed by atoms with van der Waals surface area (Å²) >= 11 is 1.14. The van der Waals surface area contributed by atoms with E-state index in [1.54, 1.807) is 6.08 Å². The van der Waals surface area contributed by atoms with E-state index in [4.69, 9.17) is 9.47 Å². The average Bonchev–Trinajstić information content (AvgIpc) is 3.03. The summed E-state index contributed by atoms with van der Waals surface area (Å²) in [5.74, 6) is -1.03. The maximum Gasteiger partial charge on any atom is 0.330 e. The highest BCUT2D eigenvalue weighted by atomic mass is 32.2. The van der Waals surface area contributed by atoms with E-state index < -0.39 is 17.9 Å². The third-order valence-corrected chi connectivity index (χ3v) is 6.28. The second-order valence-electron chi connectivity index (χ2n) is 7.89. The predicted molar refractivity (Wildman–Crippen MR) is 104 cm³/mol. The number of amides is 1. The van der Waals surface area contributed by atoms with E-state index in [0.717, 1.165) is 43.0 Å². The van der Waals surface area contributed by atoms with Gasteiger partial charge in [0.25, 0.3) is 5.24 Å². The number of aliphatic hydroxyl groups is 1. The minimum absolute atomic E-state index is 0.160. The van der Waals surface area contributed by atoms with Crippen molar-refractivity contribution in [2.45, 2.75) is 76.4 Å². The van der Waals surface area contributed by atoms with E-state index in [1.807, 2.05) is 6.92 Å². The molecule has 27 heavy (non-hydrogen) atoms. The molecule has 2 bridgehead atoms. The van der Waals surface area contributed by atoms with Crippen molar-refractivity contribution in [1.82, 2.24) is 5.32 Å². The molecule has 150 valence electrons. The van der Waals surface area contributed by atoms with Crippen LogP contribution in [0.3, 0.4) is 0 Å². The average molecular weight is 396 g/mol. The molecule has 0 spiro atoms. The Kier molecular flexibility index (Phi) is 6.65. The minimum atomic E-state index is -1.51. The number of rotatable bonds is 1. The van der Waals surface area contributed by atoms with Gasteiger partial charge in [0.15, 0.2) is 5.79 Å². The standard InChI is InChI=1S/C20H29NO5S/c1-13-5-3-4-6-14(2)9-18(22)25-16-10-15(8-7-13)26-20(24,11-16)17-12-27-19(23)21-17/h3,5,9,13,15-17,24H,4,6-8,10-12H2,1-2H3,(H,21,23)/b5-3-,14-9-/t13-,15+,16+,17-,20-/m0/s1. The van der Waals surface area contributed by atoms with Crippen LogP contribution in [0, 0.1) is 5.92 Å². The molecule has 0 aromatic carbocycles. The van der Waals surface area contributed by atoms with Crippen molar-refractivity contribution < 1.29 is 24.2 Å². The van der Waals surface area contributed by atoms with Crippen LogP contribution < -0.4 is 5.32 Å². The lowest BCUT2D eigenvalue weighted by molar-refractivity contribution is -0.283. The third kappa shape index (κ3) is 5.59. The van der Waals surface area contributed by atoms with Crippen molar-refractivity contribution >= 4 is 23.0 Å². The molecule has 6 nitrogen and oxygen atoms in total. The van der Waals surface area contributed by atoms with Crippen LogP contribution in [0.1, 0.15) is 52.4 Å². The third-order valence-electron chi connectivity index (χ3n) is 5.40. The molecule has 7 heteroatoms. The van der Waals surface area contributed by atoms with E-state index >= 15 is 0 Å². The molecule has 2 saturated heterocycles. The number of hydrogen-bond donors (Lipinski definition) is 2. The van der Waals surface area contributed by atoms with Gasteiger partial charge in [0.05, 0.1) is 12.1 Å². The number of hydrogen-bond acceptors (Lipinski definition) is 6. The van der Waals surface area contributed by atoms with Gasteiger partial charge in [-0.15, -0.1) is 0 Å². The molecule has 3 aliphatic heterocycles. The number of carbonyl (C=O) groups is 2. The number of fused-ring (bicyclic) bond motifs is 2. The van der Waals surface area contributed by atoms with E-state index in [-0.39, 0.29) is 23.7 Å². The maximum atomic E-state index is 12.3. The zero-order valence-corrected chi connectivity index (χ0v) is 16.8. The Bertz CT molecular complexity index is 634. The zero-order chi connectivity index (χ0) is 19.4. The Balaban J connectivity index is 1.78. The first-order valence-corrected chi connectivity index (χ1v) is 10.7. The van der Waals surface area contributed by atoms with Crippen LogP contribution in [0.4, 0.5) is 4.79 Å². The normalized spacial score (nSPS) is 41.7. The summed E-state index contributed by atoms with van der Waals surface area (Å²) in [4.78, 5) is 23.9. The quantitative estimate of drug-likeness (QED) is 0.523. The van der Waals surface area contributed by atoms with Crippen molar-refractivity contribution in [1.29, 1.82) is 0 Å². The summed E-state index contributed by atoms with van der Waals surface area (Å²) in [5.41, 5.74) is 0.979. The molecule has 0 aliphatic carbocycles. The number of carbonyl (C=O) groups excluding carboxylic acids is 2. The van der Waals surface area contributed by atoms with Gasteiger partial charge in [-0.1, -0.05) is 36.4 Å². The molecule has 0 saturated carbocycles. The molecule has 1 amide bonds. The molecule has 0 radical (unpaired) electrons. The van der Waals surface area contributed by atoms with Crippen LogP contribution in [0.25, 0.3) is 0 Å². The molecule has 5 atom stereocenters. The molecule has 0 unspecified atom stereocenters. The van der Waals surface area contributed by atoms with Crippen LogP contribution in [0.2, 0.25) is 0 Å². The number of ether oxygens (including phenoxy) is 2. The Labute approximate surface area is 164 Å². The first-order valence-electron chi connectivity index (χ1n) is 9.72. The van der Waals surface area contributed by atoms with Gasteiger partial charge in [0.2, 0.25) is 0 Å². The molecule has 2 fully saturated rings. The number of thioether (sulfide) groups is 1. The Morgan fingerprint density at radius 2 is 2.11 bits per heavy atom. The summed E-state index contributed by atoms with van der Waals surface area (Å²) < 4.78 is 11.7. The van der Waals surface area contributed by atoms with E-state index in [0.29, 0.717) is 18.1 Å². The molecule has 3 heterocycles. The second-order valence-corrected chi connectivity index (χ2v) is 8.88. The fraction of sp³-hybridized carbons (Fsp3) is 0.700. The molecule has 2 N–H and O–H groups in total. The summed E-state index contributed by atoms with van der Waals surface area (Å²) in [6.45, 7) is 4.10. The maximum absolute atomic E-state index is 12.3. The van der Waals surface area contributed by atoms with Gasteiger partial charge in [-0.25, -0.2) is 4.79 Å². The molecule has 0 aromatic rings. The Hall–Kier alpha value is -1.31. The van der Waals surface area contributed by atoms with Gasteiger partial charge in [-0.3, -0.25) is 4.79 Å². The molecular formula is C20H29NO5S. The van der Waals surface area contributed by atoms with Gasteiger partial charge in [0, 0.05) is 24.7 Å². The fourth-order valence-corrected chi connectivity index (χ4v) is 4.75. The van der Waals surface area contributed by atoms with Gasteiger partial charge in [-0.2, -0.15) is 0 Å². The highest BCUT2D eigenvalue weighted by Gasteiger charge is 2.49. The number of esters is 1. The van der Waals surface area contributed by atoms with Crippen LogP contribution >= 0.6 is 11.8 Å². The lowest BCUT2D eigenvalue weighted by Crippen LogP contribution is -2.58. The summed E-state index contributed by atoms with van der Waals surface area (Å²) in [6.07, 6.45) is 9.42. The monoisotopic (exact) mass is 395 g/mol. The minimum Gasteiger partial charge on any atom is -0.459 e. The Morgan fingerprint density at radius 3 is 2.85 bits per heavy atom. The topological polar surface area (TPSA) is 84.9 Å². The first-order chi connectivity index (χ1) is 12.8. The van der Waals surface area contributed by atoms with E-state index in [9.17, 15) is 14.7 Å². The van der Waals surface area contributed by atoms with Crippen molar-refractivity contribution in [3.05, 3.63) is 23.8 Å². The fourth-order valence-electron chi connectivity index (χ4n) is 3.86. The van der Waals surface area contributed by atoms with E-state index in [2.05, 4.69) is 24.4 Å². The highest BCUT2D eigenvalue weighted by molar-refractivity contribution is 8.14. The molecule has 3 rings (SSSR count). The van der Waals surface area contributed by atoms with Crippen LogP contribution in [0.15, 0.2) is 23.8 Å². The molecule has 3 aliphatic rings. The summed E-state index contributed by atoms with van der Waals surface area (Å²) in [5, 5.41) is 13.7. The largest absolute Gasteiger partial charge is 0.459 e. The van der Waals surface area contributed by atoms with Crippen molar-refractivity contribution in [3.8, 4) is 0 Å². The van der Waals surface area contributed by atoms with Crippen molar-refractivity contribution in [2.75, 3.05) is 5.75 Å². The molecule has 0 aromatic heterocycles. The molecular weight excluding hydrogens is 366 g/mol. The smallest absolute Gasteiger partial charge is 0.330 e. The van der Waals surface area contributed by atoms with Crippen LogP contribution in [-0.4, -0.2) is 46.1 Å². The van der Waals surface area contributed by atoms with Gasteiger partial charge >= 0.3 is 5.97 Å². The lowest BCUT2D eigenvalue weighted by atomic mass is 9.90. The van der Waals surface area contributed by atoms with Gasteiger partial charge in [-0.05, 0) is 38.5 Å². The van der Waals surface area contributed by atoms with Gasteiger partial charge < -0.3 is 19.9 Å². The number of nitrogens with one attached hydrogen (secondary N) is 1. The summed E-state index contributed by atoms with van der Waals surface area (Å²) in [6, 6.07) is -0.493. The van der Waals surface area contributed by atoms with Crippen LogP contribution in [-0.2, 0) is 14.3 Å². The second kappa shape index (κ2) is 8.80. The predicted octanol–water partition coefficient (Wildman–Crippen LogP) is 3.30. The Morgan fingerprint density at radius 1 is 1.30 bits per heavy atom. The number of allylic oxidation sites excluding steroid dienone is 3.